The molecule has 5 heteroatoms. The molecule has 0 amide bonds. The number of nitrogens with two attached hydrogens (primary N) is 1. The molecule has 19 heavy (non-hydrogen) atoms. The van der Waals surface area contributed by atoms with Gasteiger partial charge in [0.2, 0.25) is 5.90 Å². The summed E-state index contributed by atoms with van der Waals surface area (Å²) in [5.41, 5.74) is 8.04. The zero-order valence-corrected chi connectivity index (χ0v) is 12.0. The maximum Gasteiger partial charge on any atom is 0.211 e. The largest absolute Gasteiger partial charge is 0.481 e. The predicted octanol–water partition coefficient (Wildman–Crippen LogP) is 1.65. The molecule has 1 heterocycles. The highest BCUT2D eigenvalue weighted by molar-refractivity contribution is 5.92. The summed E-state index contributed by atoms with van der Waals surface area (Å²) in [7, 11) is 1.61. The van der Waals surface area contributed by atoms with E-state index >= 15 is 0 Å². The Kier molecular flexibility index (Phi) is 3.94. The van der Waals surface area contributed by atoms with Crippen molar-refractivity contribution < 1.29 is 4.74 Å². The Labute approximate surface area is 114 Å². The normalized spacial score (nSPS) is 28.0. The summed E-state index contributed by atoms with van der Waals surface area (Å²) in [6.45, 7) is 4.77. The van der Waals surface area contributed by atoms with E-state index in [1.54, 1.807) is 7.11 Å². The highest BCUT2D eigenvalue weighted by Crippen LogP contribution is 2.37. The number of nitrogens with zero attached hydrogens (tertiary/aromatic N) is 1. The molecular weight excluding hydrogens is 240 g/mol. The minimum Gasteiger partial charge on any atom is -0.481 e. The smallest absolute Gasteiger partial charge is 0.211 e. The maximum absolute atomic E-state index is 8.40. The Morgan fingerprint density at radius 3 is 3.00 bits per heavy atom. The highest BCUT2D eigenvalue weighted by Gasteiger charge is 2.38. The lowest BCUT2D eigenvalue weighted by atomic mass is 9.68. The van der Waals surface area contributed by atoms with E-state index in [0.29, 0.717) is 12.6 Å². The van der Waals surface area contributed by atoms with Crippen LogP contribution in [0.15, 0.2) is 16.8 Å². The van der Waals surface area contributed by atoms with Crippen molar-refractivity contribution in [3.05, 3.63) is 11.8 Å². The molecule has 1 fully saturated rings. The van der Waals surface area contributed by atoms with E-state index in [1.165, 1.54) is 0 Å². The lowest BCUT2D eigenvalue weighted by Crippen LogP contribution is -2.48. The van der Waals surface area contributed by atoms with Gasteiger partial charge >= 0.3 is 0 Å². The van der Waals surface area contributed by atoms with Crippen molar-refractivity contribution in [3.8, 4) is 0 Å². The summed E-state index contributed by atoms with van der Waals surface area (Å²) in [4.78, 5) is 4.17. The fourth-order valence-corrected chi connectivity index (χ4v) is 2.90. The molecule has 0 spiro atoms. The summed E-state index contributed by atoms with van der Waals surface area (Å²) in [5.74, 6) is 0.713. The van der Waals surface area contributed by atoms with Gasteiger partial charge in [0.25, 0.3) is 0 Å². The Balaban J connectivity index is 2.15. The Morgan fingerprint density at radius 2 is 2.32 bits per heavy atom. The number of ether oxygens (including phenoxy) is 1. The molecule has 0 radical (unpaired) electrons. The van der Waals surface area contributed by atoms with Crippen LogP contribution in [-0.2, 0) is 4.74 Å². The minimum absolute atomic E-state index is 0.0338. The van der Waals surface area contributed by atoms with Crippen LogP contribution in [-0.4, -0.2) is 31.4 Å². The van der Waals surface area contributed by atoms with Gasteiger partial charge in [-0.3, -0.25) is 0 Å². The molecule has 1 saturated carbocycles. The summed E-state index contributed by atoms with van der Waals surface area (Å²) >= 11 is 0. The van der Waals surface area contributed by atoms with Gasteiger partial charge in [-0.1, -0.05) is 20.3 Å². The summed E-state index contributed by atoms with van der Waals surface area (Å²) in [6.07, 6.45) is 5.05. The van der Waals surface area contributed by atoms with Gasteiger partial charge in [-0.15, -0.1) is 0 Å². The number of aliphatic imine (C=N–C) groups is 1. The van der Waals surface area contributed by atoms with Crippen LogP contribution in [0.2, 0.25) is 0 Å². The molecule has 2 aliphatic rings. The number of rotatable bonds is 2. The fraction of sp³-hybridized carbons (Fsp3) is 0.714. The summed E-state index contributed by atoms with van der Waals surface area (Å²) < 4.78 is 5.15. The van der Waals surface area contributed by atoms with E-state index in [0.717, 1.165) is 30.7 Å². The van der Waals surface area contributed by atoms with Gasteiger partial charge in [-0.2, -0.15) is 0 Å². The first kappa shape index (κ1) is 14.1. The van der Waals surface area contributed by atoms with Gasteiger partial charge < -0.3 is 21.2 Å². The van der Waals surface area contributed by atoms with E-state index in [9.17, 15) is 0 Å². The SMILES string of the molecule is COC1=NCNC(C(N)C2CCCC(C)(C)C2=N)=C1. The molecule has 106 valence electrons. The molecule has 1 aliphatic heterocycles. The third-order valence-corrected chi connectivity index (χ3v) is 4.22. The molecule has 5 nitrogen and oxygen atoms in total. The van der Waals surface area contributed by atoms with E-state index in [4.69, 9.17) is 15.9 Å². The lowest BCUT2D eigenvalue weighted by molar-refractivity contribution is 0.337. The first-order chi connectivity index (χ1) is 8.95. The molecule has 2 unspecified atom stereocenters. The molecule has 1 aliphatic carbocycles. The second kappa shape index (κ2) is 5.33. The van der Waals surface area contributed by atoms with Gasteiger partial charge in [-0.05, 0) is 12.8 Å². The van der Waals surface area contributed by atoms with Crippen LogP contribution in [0.3, 0.4) is 0 Å². The molecule has 2 rings (SSSR count). The number of nitrogens with one attached hydrogen (secondary N) is 2. The van der Waals surface area contributed by atoms with Crippen LogP contribution in [0.25, 0.3) is 0 Å². The van der Waals surface area contributed by atoms with Crippen molar-refractivity contribution in [1.82, 2.24) is 5.32 Å². The lowest BCUT2D eigenvalue weighted by Gasteiger charge is -2.39. The van der Waals surface area contributed by atoms with Crippen LogP contribution in [0, 0.1) is 16.7 Å². The van der Waals surface area contributed by atoms with Crippen LogP contribution >= 0.6 is 0 Å². The quantitative estimate of drug-likeness (QED) is 0.709. The number of hydrogen-bond acceptors (Lipinski definition) is 5. The first-order valence-corrected chi connectivity index (χ1v) is 6.84. The molecule has 0 aromatic heterocycles. The zero-order valence-electron chi connectivity index (χ0n) is 12.0. The van der Waals surface area contributed by atoms with Crippen molar-refractivity contribution in [1.29, 1.82) is 5.41 Å². The molecule has 0 aromatic rings. The summed E-state index contributed by atoms with van der Waals surface area (Å²) in [6, 6.07) is -0.173. The predicted molar refractivity (Wildman–Crippen MR) is 77.4 cm³/mol. The van der Waals surface area contributed by atoms with Crippen molar-refractivity contribution in [2.45, 2.75) is 39.2 Å². The molecule has 2 atom stereocenters. The molecule has 4 N–H and O–H groups in total. The van der Waals surface area contributed by atoms with Crippen molar-refractivity contribution in [2.24, 2.45) is 22.1 Å². The molecule has 0 bridgehead atoms. The fourth-order valence-electron chi connectivity index (χ4n) is 2.90. The number of methoxy groups -OCH3 is 1. The monoisotopic (exact) mass is 264 g/mol. The van der Waals surface area contributed by atoms with Gasteiger partial charge in [0, 0.05) is 28.8 Å². The third kappa shape index (κ3) is 2.81. The van der Waals surface area contributed by atoms with Crippen LogP contribution in [0.1, 0.15) is 33.1 Å². The molecular formula is C14H24N4O. The topological polar surface area (TPSA) is 83.5 Å². The van der Waals surface area contributed by atoms with Gasteiger partial charge in [0.05, 0.1) is 13.2 Å². The van der Waals surface area contributed by atoms with Crippen LogP contribution < -0.4 is 11.1 Å². The van der Waals surface area contributed by atoms with Crippen LogP contribution in [0.5, 0.6) is 0 Å². The maximum atomic E-state index is 8.40. The van der Waals surface area contributed by atoms with Gasteiger partial charge in [0.1, 0.15) is 6.67 Å². The summed E-state index contributed by atoms with van der Waals surface area (Å²) in [5, 5.41) is 11.6. The first-order valence-electron chi connectivity index (χ1n) is 6.84. The third-order valence-electron chi connectivity index (χ3n) is 4.22. The average Bonchev–Trinajstić information content (AvgIpc) is 2.41. The van der Waals surface area contributed by atoms with Crippen LogP contribution in [0.4, 0.5) is 0 Å². The number of hydrogen-bond donors (Lipinski definition) is 3. The second-order valence-electron chi connectivity index (χ2n) is 5.96. The molecule has 0 saturated heterocycles. The Morgan fingerprint density at radius 1 is 1.58 bits per heavy atom. The second-order valence-corrected chi connectivity index (χ2v) is 5.96. The van der Waals surface area contributed by atoms with E-state index in [1.807, 2.05) is 6.08 Å². The van der Waals surface area contributed by atoms with Gasteiger partial charge in [-0.25, -0.2) is 4.99 Å². The van der Waals surface area contributed by atoms with Crippen molar-refractivity contribution in [3.63, 3.8) is 0 Å². The van der Waals surface area contributed by atoms with Crippen molar-refractivity contribution >= 4 is 11.6 Å². The highest BCUT2D eigenvalue weighted by atomic mass is 16.5. The van der Waals surface area contributed by atoms with E-state index < -0.39 is 0 Å². The average molecular weight is 264 g/mol. The zero-order chi connectivity index (χ0) is 14.0. The van der Waals surface area contributed by atoms with E-state index in [-0.39, 0.29) is 17.4 Å². The van der Waals surface area contributed by atoms with Crippen molar-refractivity contribution in [2.75, 3.05) is 13.8 Å². The molecule has 0 aromatic carbocycles. The van der Waals surface area contributed by atoms with Gasteiger partial charge in [0.15, 0.2) is 0 Å². The van der Waals surface area contributed by atoms with E-state index in [2.05, 4.69) is 24.2 Å². The Hall–Kier alpha value is -1.36. The Bertz CT molecular complexity index is 425. The standard InChI is InChI=1S/C14H24N4O/c1-14(2)6-4-5-9(13(14)16)12(15)10-7-11(19-3)18-8-17-10/h7,9,12,16-17H,4-6,8,15H2,1-3H3. The minimum atomic E-state index is -0.173.